The maximum absolute atomic E-state index is 14.6. The van der Waals surface area contributed by atoms with Gasteiger partial charge in [-0.2, -0.15) is 0 Å². The van der Waals surface area contributed by atoms with Crippen molar-refractivity contribution in [3.05, 3.63) is 59.9 Å². The molecule has 2 heterocycles. The lowest BCUT2D eigenvalue weighted by Crippen LogP contribution is -2.53. The van der Waals surface area contributed by atoms with E-state index in [0.717, 1.165) is 37.7 Å². The van der Waals surface area contributed by atoms with Gasteiger partial charge in [0.1, 0.15) is 17.7 Å². The number of anilines is 1. The number of likely N-dealkylation sites (tertiary alicyclic amines) is 1. The highest BCUT2D eigenvalue weighted by molar-refractivity contribution is 6.08. The first kappa shape index (κ1) is 31.2. The molecule has 0 bridgehead atoms. The molecule has 1 saturated carbocycles. The molecule has 9 nitrogen and oxygen atoms in total. The first-order valence-electron chi connectivity index (χ1n) is 14.9. The number of benzene rings is 1. The molecule has 226 valence electrons. The van der Waals surface area contributed by atoms with Crippen LogP contribution in [0.5, 0.6) is 0 Å². The molecule has 42 heavy (non-hydrogen) atoms. The van der Waals surface area contributed by atoms with Crippen molar-refractivity contribution in [3.63, 3.8) is 0 Å². The number of pyridine rings is 1. The maximum atomic E-state index is 14.6. The average Bonchev–Trinajstić information content (AvgIpc) is 3.33. The van der Waals surface area contributed by atoms with E-state index < -0.39 is 29.7 Å². The van der Waals surface area contributed by atoms with E-state index in [0.29, 0.717) is 11.3 Å². The SMILES string of the molecule is CC(C)(C)OC(=O)N1CC(=O)CC1C(=O)N(c1ccc(C(C)(C)C)cc1)C(C(=O)NC1CCCCC1)c1cccnc1. The lowest BCUT2D eigenvalue weighted by molar-refractivity contribution is -0.129. The standard InChI is InChI=1S/C33H44N4O5/c1-32(2,3)23-14-16-25(17-15-23)37(30(40)27-19-26(38)21-36(27)31(41)42-33(4,5)6)28(22-11-10-18-34-20-22)29(39)35-24-12-8-7-9-13-24/h10-11,14-18,20,24,27-28H,7-9,12-13,19,21H2,1-6H3,(H,35,39). The third kappa shape index (κ3) is 7.55. The van der Waals surface area contributed by atoms with Gasteiger partial charge in [-0.25, -0.2) is 4.79 Å². The van der Waals surface area contributed by atoms with E-state index in [2.05, 4.69) is 31.1 Å². The Bertz CT molecular complexity index is 1270. The summed E-state index contributed by atoms with van der Waals surface area (Å²) in [6.07, 6.45) is 7.27. The Labute approximate surface area is 249 Å². The second kappa shape index (κ2) is 12.6. The third-order valence-corrected chi connectivity index (χ3v) is 7.76. The van der Waals surface area contributed by atoms with Gasteiger partial charge < -0.3 is 10.1 Å². The maximum Gasteiger partial charge on any atom is 0.411 e. The zero-order valence-electron chi connectivity index (χ0n) is 25.7. The number of rotatable bonds is 6. The van der Waals surface area contributed by atoms with Crippen molar-refractivity contribution >= 4 is 29.4 Å². The number of hydrogen-bond acceptors (Lipinski definition) is 6. The Kier molecular flexibility index (Phi) is 9.38. The second-order valence-corrected chi connectivity index (χ2v) is 13.4. The van der Waals surface area contributed by atoms with Crippen LogP contribution in [0.15, 0.2) is 48.8 Å². The van der Waals surface area contributed by atoms with Crippen molar-refractivity contribution in [2.45, 2.75) is 109 Å². The molecule has 2 aliphatic rings. The van der Waals surface area contributed by atoms with Crippen LogP contribution in [0.25, 0.3) is 0 Å². The molecule has 2 fully saturated rings. The number of carbonyl (C=O) groups excluding carboxylic acids is 4. The zero-order valence-corrected chi connectivity index (χ0v) is 25.7. The number of carbonyl (C=O) groups is 4. The van der Waals surface area contributed by atoms with Crippen LogP contribution in [0.1, 0.15) is 97.2 Å². The van der Waals surface area contributed by atoms with E-state index in [1.165, 1.54) is 9.80 Å². The lowest BCUT2D eigenvalue weighted by Gasteiger charge is -2.36. The predicted molar refractivity (Wildman–Crippen MR) is 161 cm³/mol. The van der Waals surface area contributed by atoms with Crippen LogP contribution < -0.4 is 10.2 Å². The Hall–Kier alpha value is -3.75. The highest BCUT2D eigenvalue weighted by Crippen LogP contribution is 2.34. The Morgan fingerprint density at radius 3 is 2.24 bits per heavy atom. The summed E-state index contributed by atoms with van der Waals surface area (Å²) in [5.41, 5.74) is 1.16. The number of amides is 3. The number of ketones is 1. The molecule has 1 aromatic heterocycles. The summed E-state index contributed by atoms with van der Waals surface area (Å²) in [6.45, 7) is 11.3. The van der Waals surface area contributed by atoms with E-state index in [1.807, 2.05) is 24.3 Å². The van der Waals surface area contributed by atoms with E-state index in [9.17, 15) is 19.2 Å². The fourth-order valence-corrected chi connectivity index (χ4v) is 5.59. The normalized spacial score (nSPS) is 18.9. The summed E-state index contributed by atoms with van der Waals surface area (Å²) in [7, 11) is 0. The van der Waals surface area contributed by atoms with Crippen LogP contribution in [0.3, 0.4) is 0 Å². The number of Topliss-reactive ketones (excluding diaryl/α,β-unsaturated/α-hetero) is 1. The average molecular weight is 577 g/mol. The fourth-order valence-electron chi connectivity index (χ4n) is 5.59. The minimum atomic E-state index is -1.11. The molecule has 9 heteroatoms. The number of nitrogens with zero attached hydrogens (tertiary/aromatic N) is 3. The van der Waals surface area contributed by atoms with E-state index in [1.54, 1.807) is 45.3 Å². The highest BCUT2D eigenvalue weighted by atomic mass is 16.6. The van der Waals surface area contributed by atoms with Gasteiger partial charge in [-0.1, -0.05) is 58.2 Å². The number of aromatic nitrogens is 1. The van der Waals surface area contributed by atoms with Crippen molar-refractivity contribution in [2.75, 3.05) is 11.4 Å². The first-order chi connectivity index (χ1) is 19.7. The minimum absolute atomic E-state index is 0.0111. The minimum Gasteiger partial charge on any atom is -0.444 e. The molecular formula is C33H44N4O5. The predicted octanol–water partition coefficient (Wildman–Crippen LogP) is 5.48. The highest BCUT2D eigenvalue weighted by Gasteiger charge is 2.46. The van der Waals surface area contributed by atoms with Crippen molar-refractivity contribution in [1.29, 1.82) is 0 Å². The largest absolute Gasteiger partial charge is 0.444 e. The van der Waals surface area contributed by atoms with Crippen molar-refractivity contribution in [3.8, 4) is 0 Å². The van der Waals surface area contributed by atoms with Gasteiger partial charge in [0, 0.05) is 36.1 Å². The van der Waals surface area contributed by atoms with Gasteiger partial charge in [-0.3, -0.25) is 29.2 Å². The Morgan fingerprint density at radius 1 is 1.00 bits per heavy atom. The molecule has 2 aromatic rings. The van der Waals surface area contributed by atoms with Crippen LogP contribution >= 0.6 is 0 Å². The smallest absolute Gasteiger partial charge is 0.411 e. The molecule has 4 rings (SSSR count). The summed E-state index contributed by atoms with van der Waals surface area (Å²) in [4.78, 5) is 61.4. The first-order valence-corrected chi connectivity index (χ1v) is 14.9. The van der Waals surface area contributed by atoms with Crippen molar-refractivity contribution in [2.24, 2.45) is 0 Å². The molecule has 2 unspecified atom stereocenters. The van der Waals surface area contributed by atoms with Crippen LogP contribution in [0.2, 0.25) is 0 Å². The molecule has 0 spiro atoms. The molecule has 0 radical (unpaired) electrons. The van der Waals surface area contributed by atoms with Crippen LogP contribution in [-0.4, -0.2) is 57.8 Å². The Morgan fingerprint density at radius 2 is 1.67 bits per heavy atom. The van der Waals surface area contributed by atoms with Crippen molar-refractivity contribution in [1.82, 2.24) is 15.2 Å². The number of ether oxygens (including phenoxy) is 1. The molecule has 3 amide bonds. The molecular weight excluding hydrogens is 532 g/mol. The van der Waals surface area contributed by atoms with Gasteiger partial charge in [-0.15, -0.1) is 0 Å². The summed E-state index contributed by atoms with van der Waals surface area (Å²) in [5.74, 6) is -1.09. The fraction of sp³-hybridized carbons (Fsp3) is 0.545. The van der Waals surface area contributed by atoms with Gasteiger partial charge in [-0.05, 0) is 62.8 Å². The number of hydrogen-bond donors (Lipinski definition) is 1. The van der Waals surface area contributed by atoms with Gasteiger partial charge in [0.05, 0.1) is 6.54 Å². The van der Waals surface area contributed by atoms with Gasteiger partial charge in [0.25, 0.3) is 5.91 Å². The lowest BCUT2D eigenvalue weighted by atomic mass is 9.87. The molecule has 1 saturated heterocycles. The second-order valence-electron chi connectivity index (χ2n) is 13.4. The van der Waals surface area contributed by atoms with E-state index in [-0.39, 0.29) is 36.1 Å². The molecule has 2 atom stereocenters. The Balaban J connectivity index is 1.79. The molecule has 1 aliphatic heterocycles. The number of nitrogens with one attached hydrogen (secondary N) is 1. The van der Waals surface area contributed by atoms with E-state index >= 15 is 0 Å². The van der Waals surface area contributed by atoms with Gasteiger partial charge in [0.15, 0.2) is 5.78 Å². The quantitative estimate of drug-likeness (QED) is 0.488. The van der Waals surface area contributed by atoms with Crippen LogP contribution in [-0.2, 0) is 24.5 Å². The summed E-state index contributed by atoms with van der Waals surface area (Å²) >= 11 is 0. The molecule has 1 aliphatic carbocycles. The van der Waals surface area contributed by atoms with Crippen LogP contribution in [0.4, 0.5) is 10.5 Å². The molecule has 1 N–H and O–H groups in total. The zero-order chi connectivity index (χ0) is 30.7. The van der Waals surface area contributed by atoms with Gasteiger partial charge in [0.2, 0.25) is 5.91 Å². The topological polar surface area (TPSA) is 109 Å². The summed E-state index contributed by atoms with van der Waals surface area (Å²) < 4.78 is 5.56. The molecule has 1 aromatic carbocycles. The summed E-state index contributed by atoms with van der Waals surface area (Å²) in [5, 5.41) is 3.19. The summed E-state index contributed by atoms with van der Waals surface area (Å²) in [6, 6.07) is 8.87. The van der Waals surface area contributed by atoms with Crippen molar-refractivity contribution < 1.29 is 23.9 Å². The monoisotopic (exact) mass is 576 g/mol. The van der Waals surface area contributed by atoms with Gasteiger partial charge >= 0.3 is 6.09 Å². The third-order valence-electron chi connectivity index (χ3n) is 7.76. The van der Waals surface area contributed by atoms with E-state index in [4.69, 9.17) is 4.74 Å². The van der Waals surface area contributed by atoms with Crippen LogP contribution in [0, 0.1) is 0 Å².